The largest absolute Gasteiger partial charge is 0.382 e. The van der Waals surface area contributed by atoms with Gasteiger partial charge in [0.15, 0.2) is 5.82 Å². The maximum Gasteiger partial charge on any atom is 0.226 e. The minimum Gasteiger partial charge on any atom is -0.382 e. The zero-order valence-electron chi connectivity index (χ0n) is 12.2. The quantitative estimate of drug-likeness (QED) is 0.886. The van der Waals surface area contributed by atoms with Crippen molar-refractivity contribution in [1.29, 1.82) is 0 Å². The summed E-state index contributed by atoms with van der Waals surface area (Å²) >= 11 is 0. The second kappa shape index (κ2) is 6.01. The van der Waals surface area contributed by atoms with Crippen LogP contribution in [-0.4, -0.2) is 23.4 Å². The van der Waals surface area contributed by atoms with Gasteiger partial charge < -0.3 is 15.0 Å². The predicted octanol–water partition coefficient (Wildman–Crippen LogP) is 2.40. The summed E-state index contributed by atoms with van der Waals surface area (Å²) in [7, 11) is 1.71. The lowest BCUT2D eigenvalue weighted by Crippen LogP contribution is -2.42. The summed E-state index contributed by atoms with van der Waals surface area (Å²) in [6.45, 7) is 4.27. The molecule has 0 aliphatic heterocycles. The van der Waals surface area contributed by atoms with Gasteiger partial charge in [-0.05, 0) is 32.1 Å². The Morgan fingerprint density at radius 2 is 2.37 bits per heavy atom. The summed E-state index contributed by atoms with van der Waals surface area (Å²) in [4.78, 5) is 4.49. The zero-order valence-corrected chi connectivity index (χ0v) is 12.2. The SMILES string of the molecule is COC(C)CCc1nc(C2(N)CCCC(C)C2)no1. The summed E-state index contributed by atoms with van der Waals surface area (Å²) in [6.07, 6.45) is 6.11. The fourth-order valence-corrected chi connectivity index (χ4v) is 2.80. The van der Waals surface area contributed by atoms with Gasteiger partial charge in [-0.15, -0.1) is 0 Å². The van der Waals surface area contributed by atoms with Crippen molar-refractivity contribution in [3.05, 3.63) is 11.7 Å². The van der Waals surface area contributed by atoms with Gasteiger partial charge in [0, 0.05) is 13.5 Å². The Morgan fingerprint density at radius 3 is 3.05 bits per heavy atom. The van der Waals surface area contributed by atoms with Crippen molar-refractivity contribution in [3.63, 3.8) is 0 Å². The van der Waals surface area contributed by atoms with Crippen molar-refractivity contribution in [3.8, 4) is 0 Å². The van der Waals surface area contributed by atoms with Gasteiger partial charge in [0.1, 0.15) is 0 Å². The molecule has 2 N–H and O–H groups in total. The van der Waals surface area contributed by atoms with Gasteiger partial charge in [-0.2, -0.15) is 4.98 Å². The Balaban J connectivity index is 1.99. The molecule has 0 saturated heterocycles. The molecule has 1 aromatic heterocycles. The van der Waals surface area contributed by atoms with Gasteiger partial charge in [0.2, 0.25) is 5.89 Å². The Labute approximate surface area is 114 Å². The van der Waals surface area contributed by atoms with Crippen molar-refractivity contribution < 1.29 is 9.26 Å². The van der Waals surface area contributed by atoms with Crippen molar-refractivity contribution in [1.82, 2.24) is 10.1 Å². The molecule has 1 aliphatic rings. The van der Waals surface area contributed by atoms with Gasteiger partial charge in [0.05, 0.1) is 11.6 Å². The molecule has 3 atom stereocenters. The van der Waals surface area contributed by atoms with Crippen molar-refractivity contribution >= 4 is 0 Å². The molecule has 0 bridgehead atoms. The predicted molar refractivity (Wildman–Crippen MR) is 72.6 cm³/mol. The van der Waals surface area contributed by atoms with Gasteiger partial charge >= 0.3 is 0 Å². The molecule has 2 rings (SSSR count). The van der Waals surface area contributed by atoms with Crippen LogP contribution in [0.25, 0.3) is 0 Å². The molecule has 1 fully saturated rings. The molecule has 19 heavy (non-hydrogen) atoms. The van der Waals surface area contributed by atoms with E-state index in [0.717, 1.165) is 32.1 Å². The van der Waals surface area contributed by atoms with E-state index in [2.05, 4.69) is 17.1 Å². The third kappa shape index (κ3) is 3.54. The standard InChI is InChI=1S/C14H25N3O2/c1-10-5-4-8-14(15,9-10)13-16-12(19-17-13)7-6-11(2)18-3/h10-11H,4-9,15H2,1-3H3. The van der Waals surface area contributed by atoms with Gasteiger partial charge in [-0.1, -0.05) is 24.9 Å². The molecule has 5 heteroatoms. The second-order valence-corrected chi connectivity index (χ2v) is 5.95. The minimum absolute atomic E-state index is 0.205. The second-order valence-electron chi connectivity index (χ2n) is 5.95. The van der Waals surface area contributed by atoms with Crippen LogP contribution >= 0.6 is 0 Å². The van der Waals surface area contributed by atoms with Crippen LogP contribution in [0.2, 0.25) is 0 Å². The van der Waals surface area contributed by atoms with E-state index in [1.165, 1.54) is 6.42 Å². The molecule has 0 spiro atoms. The highest BCUT2D eigenvalue weighted by Crippen LogP contribution is 2.36. The molecule has 1 saturated carbocycles. The van der Waals surface area contributed by atoms with Crippen molar-refractivity contribution in [2.75, 3.05) is 7.11 Å². The molecule has 0 amide bonds. The Morgan fingerprint density at radius 1 is 1.58 bits per heavy atom. The molecule has 5 nitrogen and oxygen atoms in total. The number of nitrogens with zero attached hydrogens (tertiary/aromatic N) is 2. The monoisotopic (exact) mass is 267 g/mol. The van der Waals surface area contributed by atoms with Crippen LogP contribution in [0.3, 0.4) is 0 Å². The Hall–Kier alpha value is -0.940. The number of rotatable bonds is 5. The smallest absolute Gasteiger partial charge is 0.226 e. The van der Waals surface area contributed by atoms with Crippen LogP contribution in [0.4, 0.5) is 0 Å². The van der Waals surface area contributed by atoms with E-state index in [0.29, 0.717) is 17.6 Å². The highest BCUT2D eigenvalue weighted by atomic mass is 16.5. The third-order valence-electron chi connectivity index (χ3n) is 4.11. The normalized spacial score (nSPS) is 29.4. The van der Waals surface area contributed by atoms with Crippen LogP contribution in [-0.2, 0) is 16.7 Å². The lowest BCUT2D eigenvalue weighted by Gasteiger charge is -2.33. The first-order chi connectivity index (χ1) is 9.03. The highest BCUT2D eigenvalue weighted by molar-refractivity contribution is 5.06. The molecule has 1 heterocycles. The van der Waals surface area contributed by atoms with E-state index in [1.54, 1.807) is 7.11 Å². The molecule has 108 valence electrons. The first-order valence-corrected chi connectivity index (χ1v) is 7.18. The van der Waals surface area contributed by atoms with Crippen LogP contribution in [0.5, 0.6) is 0 Å². The zero-order chi connectivity index (χ0) is 13.9. The third-order valence-corrected chi connectivity index (χ3v) is 4.11. The average molecular weight is 267 g/mol. The number of hydrogen-bond acceptors (Lipinski definition) is 5. The Kier molecular flexibility index (Phi) is 4.58. The topological polar surface area (TPSA) is 74.2 Å². The average Bonchev–Trinajstić information content (AvgIpc) is 2.85. The maximum absolute atomic E-state index is 6.46. The molecule has 1 aromatic rings. The molecular weight excluding hydrogens is 242 g/mol. The van der Waals surface area contributed by atoms with Crippen molar-refractivity contribution in [2.45, 2.75) is 64.0 Å². The number of nitrogens with two attached hydrogens (primary N) is 1. The van der Waals surface area contributed by atoms with Crippen LogP contribution in [0, 0.1) is 5.92 Å². The van der Waals surface area contributed by atoms with Gasteiger partial charge in [0.25, 0.3) is 0 Å². The molecule has 1 aliphatic carbocycles. The summed E-state index contributed by atoms with van der Waals surface area (Å²) < 4.78 is 10.5. The number of methoxy groups -OCH3 is 1. The fourth-order valence-electron chi connectivity index (χ4n) is 2.80. The molecule has 0 radical (unpaired) electrons. The summed E-state index contributed by atoms with van der Waals surface area (Å²) in [5, 5.41) is 4.10. The van der Waals surface area contributed by atoms with E-state index in [1.807, 2.05) is 6.92 Å². The highest BCUT2D eigenvalue weighted by Gasteiger charge is 2.36. The minimum atomic E-state index is -0.397. The van der Waals surface area contributed by atoms with Crippen LogP contribution in [0.1, 0.15) is 57.7 Å². The van der Waals surface area contributed by atoms with Crippen LogP contribution < -0.4 is 5.73 Å². The van der Waals surface area contributed by atoms with E-state index >= 15 is 0 Å². The first-order valence-electron chi connectivity index (χ1n) is 7.18. The number of aryl methyl sites for hydroxylation is 1. The van der Waals surface area contributed by atoms with Crippen molar-refractivity contribution in [2.24, 2.45) is 11.7 Å². The number of aromatic nitrogens is 2. The lowest BCUT2D eigenvalue weighted by molar-refractivity contribution is 0.109. The first kappa shape index (κ1) is 14.5. The van der Waals surface area contributed by atoms with E-state index in [4.69, 9.17) is 15.0 Å². The molecule has 0 aromatic carbocycles. The van der Waals surface area contributed by atoms with Gasteiger partial charge in [-0.25, -0.2) is 0 Å². The lowest BCUT2D eigenvalue weighted by atomic mass is 9.76. The number of ether oxygens (including phenoxy) is 1. The summed E-state index contributed by atoms with van der Waals surface area (Å²) in [5.41, 5.74) is 6.06. The summed E-state index contributed by atoms with van der Waals surface area (Å²) in [6, 6.07) is 0. The van der Waals surface area contributed by atoms with E-state index < -0.39 is 5.54 Å². The van der Waals surface area contributed by atoms with E-state index in [9.17, 15) is 0 Å². The maximum atomic E-state index is 6.46. The number of hydrogen-bond donors (Lipinski definition) is 1. The fraction of sp³-hybridized carbons (Fsp3) is 0.857. The Bertz CT molecular complexity index is 407. The molecular formula is C14H25N3O2. The van der Waals surface area contributed by atoms with Gasteiger partial charge in [-0.3, -0.25) is 0 Å². The summed E-state index contributed by atoms with van der Waals surface area (Å²) in [5.74, 6) is 1.98. The molecule has 3 unspecified atom stereocenters. The van der Waals surface area contributed by atoms with E-state index in [-0.39, 0.29) is 6.10 Å². The van der Waals surface area contributed by atoms with Crippen LogP contribution in [0.15, 0.2) is 4.52 Å².